The minimum atomic E-state index is 1.15. The molecule has 0 radical (unpaired) electrons. The Morgan fingerprint density at radius 1 is 0.306 bits per heavy atom. The summed E-state index contributed by atoms with van der Waals surface area (Å²) in [6, 6.07) is 58.4. The topological polar surface area (TPSA) is 0 Å². The highest BCUT2D eigenvalue weighted by atomic mass is 14.3. The molecular weight excluding hydrogens is 745 g/mol. The summed E-state index contributed by atoms with van der Waals surface area (Å²) in [7, 11) is 0. The average molecular weight is 785 g/mol. The molecule has 0 atom stereocenters. The van der Waals surface area contributed by atoms with Gasteiger partial charge in [0.25, 0.3) is 0 Å². The molecule has 0 spiro atoms. The van der Waals surface area contributed by atoms with Gasteiger partial charge in [0.2, 0.25) is 0 Å². The molecule has 0 amide bonds. The van der Waals surface area contributed by atoms with Gasteiger partial charge in [0.1, 0.15) is 0 Å². The SMILES string of the molecule is Cc1ccc(C)c(-c2cc3c4ccc5c(cc6c7ccc(-c8ccccc8)cc7c7cc(-c8cc(C)ccc8C)cc5c76)c4cc4c5ccc(C6=CC=C=C=C6)cc5c(c2)c34)c1. The highest BCUT2D eigenvalue weighted by Crippen LogP contribution is 2.50. The average Bonchev–Trinajstić information content (AvgIpc) is 3.80. The molecule has 0 heteroatoms. The summed E-state index contributed by atoms with van der Waals surface area (Å²) >= 11 is 0. The number of fused-ring (bicyclic) bond motifs is 11. The molecule has 0 N–H and O–H groups in total. The van der Waals surface area contributed by atoms with Crippen LogP contribution in [0.3, 0.4) is 0 Å². The number of aryl methyl sites for hydroxylation is 4. The Kier molecular flexibility index (Phi) is 7.29. The summed E-state index contributed by atoms with van der Waals surface area (Å²) in [6.45, 7) is 8.89. The Bertz CT molecular complexity index is 4070. The molecular formula is C62H40. The van der Waals surface area contributed by atoms with Crippen molar-refractivity contribution in [2.75, 3.05) is 0 Å². The van der Waals surface area contributed by atoms with Crippen LogP contribution in [0.4, 0.5) is 0 Å². The van der Waals surface area contributed by atoms with Gasteiger partial charge in [-0.25, -0.2) is 0 Å². The van der Waals surface area contributed by atoms with Crippen molar-refractivity contribution in [1.82, 2.24) is 0 Å². The van der Waals surface area contributed by atoms with Crippen LogP contribution in [-0.4, -0.2) is 0 Å². The smallest absolute Gasteiger partial charge is 0.00195 e. The van der Waals surface area contributed by atoms with Crippen LogP contribution >= 0.6 is 0 Å². The molecule has 62 heavy (non-hydrogen) atoms. The lowest BCUT2D eigenvalue weighted by molar-refractivity contribution is 1.40. The normalized spacial score (nSPS) is 12.9. The number of hydrogen-bond acceptors (Lipinski definition) is 0. The maximum Gasteiger partial charge on any atom is -0.00195 e. The van der Waals surface area contributed by atoms with Gasteiger partial charge in [0, 0.05) is 0 Å². The van der Waals surface area contributed by atoms with Crippen molar-refractivity contribution >= 4 is 91.8 Å². The first kappa shape index (κ1) is 35.1. The Balaban J connectivity index is 1.18. The minimum absolute atomic E-state index is 1.15. The fourth-order valence-corrected chi connectivity index (χ4v) is 10.9. The Morgan fingerprint density at radius 3 is 1.26 bits per heavy atom. The minimum Gasteiger partial charge on any atom is -0.0702 e. The molecule has 0 bridgehead atoms. The van der Waals surface area contributed by atoms with Gasteiger partial charge in [-0.1, -0.05) is 126 Å². The van der Waals surface area contributed by atoms with Gasteiger partial charge in [-0.2, -0.15) is 0 Å². The summed E-state index contributed by atoms with van der Waals surface area (Å²) in [5, 5.41) is 21.0. The molecule has 288 valence electrons. The summed E-state index contributed by atoms with van der Waals surface area (Å²) in [5.41, 5.74) is 21.3. The van der Waals surface area contributed by atoms with E-state index in [4.69, 9.17) is 0 Å². The van der Waals surface area contributed by atoms with Crippen molar-refractivity contribution in [3.63, 3.8) is 0 Å². The van der Waals surface area contributed by atoms with Crippen molar-refractivity contribution in [3.8, 4) is 33.4 Å². The maximum atomic E-state index is 3.18. The van der Waals surface area contributed by atoms with Crippen LogP contribution in [0, 0.1) is 27.7 Å². The van der Waals surface area contributed by atoms with E-state index >= 15 is 0 Å². The molecule has 0 fully saturated rings. The van der Waals surface area contributed by atoms with Gasteiger partial charge in [-0.15, -0.1) is 0 Å². The van der Waals surface area contributed by atoms with Crippen LogP contribution in [0.5, 0.6) is 0 Å². The lowest BCUT2D eigenvalue weighted by Crippen LogP contribution is -1.88. The van der Waals surface area contributed by atoms with Crippen molar-refractivity contribution in [2.24, 2.45) is 0 Å². The second-order valence-corrected chi connectivity index (χ2v) is 17.7. The third-order valence-electron chi connectivity index (χ3n) is 14.0. The van der Waals surface area contributed by atoms with Gasteiger partial charge in [-0.3, -0.25) is 0 Å². The van der Waals surface area contributed by atoms with Crippen LogP contribution in [0.15, 0.2) is 181 Å². The van der Waals surface area contributed by atoms with Crippen molar-refractivity contribution in [2.45, 2.75) is 27.7 Å². The fourth-order valence-electron chi connectivity index (χ4n) is 10.9. The molecule has 0 saturated heterocycles. The van der Waals surface area contributed by atoms with Crippen molar-refractivity contribution in [3.05, 3.63) is 209 Å². The number of rotatable bonds is 4. The van der Waals surface area contributed by atoms with Gasteiger partial charge < -0.3 is 0 Å². The first-order valence-corrected chi connectivity index (χ1v) is 21.7. The molecule has 12 aromatic rings. The number of allylic oxidation sites excluding steroid dienone is 4. The largest absolute Gasteiger partial charge is 0.0702 e. The zero-order chi connectivity index (χ0) is 41.4. The Labute approximate surface area is 360 Å². The van der Waals surface area contributed by atoms with E-state index in [2.05, 4.69) is 197 Å². The Hall–Kier alpha value is -7.72. The molecule has 1 aliphatic carbocycles. The predicted octanol–water partition coefficient (Wildman–Crippen LogP) is 17.3. The summed E-state index contributed by atoms with van der Waals surface area (Å²) in [5.74, 6) is 0. The van der Waals surface area contributed by atoms with E-state index in [1.165, 1.54) is 147 Å². The first-order chi connectivity index (χ1) is 30.4. The van der Waals surface area contributed by atoms with Crippen LogP contribution in [0.2, 0.25) is 0 Å². The van der Waals surface area contributed by atoms with Gasteiger partial charge in [0.15, 0.2) is 0 Å². The van der Waals surface area contributed by atoms with E-state index in [1.807, 2.05) is 12.2 Å². The van der Waals surface area contributed by atoms with E-state index in [-0.39, 0.29) is 0 Å². The van der Waals surface area contributed by atoms with Crippen LogP contribution in [-0.2, 0) is 0 Å². The second kappa shape index (κ2) is 12.9. The van der Waals surface area contributed by atoms with Gasteiger partial charge in [-0.05, 0) is 236 Å². The second-order valence-electron chi connectivity index (χ2n) is 17.7. The van der Waals surface area contributed by atoms with Crippen LogP contribution in [0.25, 0.3) is 125 Å². The summed E-state index contributed by atoms with van der Waals surface area (Å²) in [4.78, 5) is 0. The Morgan fingerprint density at radius 2 is 0.742 bits per heavy atom. The summed E-state index contributed by atoms with van der Waals surface area (Å²) < 4.78 is 0. The van der Waals surface area contributed by atoms with E-state index in [0.29, 0.717) is 0 Å². The quantitative estimate of drug-likeness (QED) is 0.123. The van der Waals surface area contributed by atoms with Crippen molar-refractivity contribution < 1.29 is 0 Å². The standard InChI is InChI=1S/C62H40/c1-35-15-17-37(3)49(25-35)43-29-55-47-23-24-48-54(53(47)33-59-45-21-19-41(39-11-7-5-8-12-39)27-51(45)57(31-43)61(55)59)34-60-46-22-20-42(40-13-9-6-10-14-40)28-52(46)58-32-44(30-56(48)62(58)60)50-26-36(2)16-18-38(50)4/h5,7-9,11-34H,1-4H3. The first-order valence-electron chi connectivity index (χ1n) is 21.7. The molecule has 0 aromatic heterocycles. The number of hydrogen-bond donors (Lipinski definition) is 0. The zero-order valence-corrected chi connectivity index (χ0v) is 35.2. The van der Waals surface area contributed by atoms with E-state index < -0.39 is 0 Å². The summed E-state index contributed by atoms with van der Waals surface area (Å²) in [6.07, 6.45) is 6.13. The lowest BCUT2D eigenvalue weighted by Gasteiger charge is -2.15. The lowest BCUT2D eigenvalue weighted by atomic mass is 9.88. The van der Waals surface area contributed by atoms with Crippen LogP contribution < -0.4 is 0 Å². The van der Waals surface area contributed by atoms with Gasteiger partial charge >= 0.3 is 0 Å². The zero-order valence-electron chi connectivity index (χ0n) is 35.2. The molecule has 12 aromatic carbocycles. The molecule has 0 nitrogen and oxygen atoms in total. The predicted molar refractivity (Wildman–Crippen MR) is 268 cm³/mol. The van der Waals surface area contributed by atoms with Crippen molar-refractivity contribution in [1.29, 1.82) is 0 Å². The molecule has 0 unspecified atom stereocenters. The molecule has 0 aliphatic heterocycles. The third-order valence-corrected chi connectivity index (χ3v) is 14.0. The molecule has 0 saturated carbocycles. The molecule has 13 rings (SSSR count). The fraction of sp³-hybridized carbons (Fsp3) is 0.0645. The van der Waals surface area contributed by atoms with E-state index in [9.17, 15) is 0 Å². The third kappa shape index (κ3) is 5.03. The molecule has 1 aliphatic rings. The monoisotopic (exact) mass is 784 g/mol. The van der Waals surface area contributed by atoms with E-state index in [0.717, 1.165) is 5.57 Å². The van der Waals surface area contributed by atoms with Gasteiger partial charge in [0.05, 0.1) is 0 Å². The highest BCUT2D eigenvalue weighted by molar-refractivity contribution is 6.41. The highest BCUT2D eigenvalue weighted by Gasteiger charge is 2.22. The number of benzene rings is 10. The molecule has 0 heterocycles. The maximum absolute atomic E-state index is 3.18. The van der Waals surface area contributed by atoms with E-state index in [1.54, 1.807) is 0 Å². The van der Waals surface area contributed by atoms with Crippen LogP contribution in [0.1, 0.15) is 27.8 Å².